The number of nitrogens with one attached hydrogen (secondary N) is 1. The van der Waals surface area contributed by atoms with Crippen LogP contribution in [0.4, 0.5) is 5.82 Å². The fourth-order valence-corrected chi connectivity index (χ4v) is 3.92. The summed E-state index contributed by atoms with van der Waals surface area (Å²) in [5, 5.41) is 0. The summed E-state index contributed by atoms with van der Waals surface area (Å²) >= 11 is 0. The van der Waals surface area contributed by atoms with Gasteiger partial charge in [0.1, 0.15) is 0 Å². The number of anilines is 1. The lowest BCUT2D eigenvalue weighted by molar-refractivity contribution is 0.461. The van der Waals surface area contributed by atoms with Crippen molar-refractivity contribution < 1.29 is 0 Å². The first-order valence-corrected chi connectivity index (χ1v) is 8.75. The van der Waals surface area contributed by atoms with Crippen molar-refractivity contribution >= 4 is 5.82 Å². The van der Waals surface area contributed by atoms with Gasteiger partial charge in [0, 0.05) is 11.0 Å². The molecule has 0 spiro atoms. The van der Waals surface area contributed by atoms with Gasteiger partial charge in [0.25, 0.3) is 5.56 Å². The predicted octanol–water partition coefficient (Wildman–Crippen LogP) is 3.08. The Bertz CT molecular complexity index is 1020. The highest BCUT2D eigenvalue weighted by Gasteiger charge is 2.35. The maximum atomic E-state index is 13.0. The monoisotopic (exact) mass is 346 g/mol. The highest BCUT2D eigenvalue weighted by molar-refractivity contribution is 5.71. The van der Waals surface area contributed by atoms with E-state index < -0.39 is 0 Å². The van der Waals surface area contributed by atoms with Gasteiger partial charge in [-0.3, -0.25) is 4.79 Å². The van der Waals surface area contributed by atoms with E-state index in [0.29, 0.717) is 6.54 Å². The van der Waals surface area contributed by atoms with E-state index in [1.807, 2.05) is 47.0 Å². The number of hydrogen-bond donors (Lipinski definition) is 2. The van der Waals surface area contributed by atoms with E-state index in [1.54, 1.807) is 0 Å². The summed E-state index contributed by atoms with van der Waals surface area (Å²) in [7, 11) is 0. The van der Waals surface area contributed by atoms with E-state index >= 15 is 0 Å². The number of nitrogens with two attached hydrogens (primary N) is 1. The van der Waals surface area contributed by atoms with Gasteiger partial charge in [-0.15, -0.1) is 0 Å². The van der Waals surface area contributed by atoms with Crippen LogP contribution in [0.5, 0.6) is 0 Å². The summed E-state index contributed by atoms with van der Waals surface area (Å²) < 4.78 is 1.82. The SMILES string of the molecule is CC1(C)Cc2ccccc2-c2nc(NN)c(=O)n(Cc3ccccc3)c21. The Kier molecular flexibility index (Phi) is 3.89. The van der Waals surface area contributed by atoms with Gasteiger partial charge in [-0.1, -0.05) is 68.4 Å². The lowest BCUT2D eigenvalue weighted by atomic mass is 9.74. The number of fused-ring (bicyclic) bond motifs is 3. The molecular weight excluding hydrogens is 324 g/mol. The molecule has 0 atom stereocenters. The summed E-state index contributed by atoms with van der Waals surface area (Å²) in [6, 6.07) is 18.2. The Morgan fingerprint density at radius 3 is 2.54 bits per heavy atom. The molecule has 4 rings (SSSR count). The minimum Gasteiger partial charge on any atom is -0.304 e. The highest BCUT2D eigenvalue weighted by atomic mass is 16.1. The molecule has 0 radical (unpaired) electrons. The van der Waals surface area contributed by atoms with E-state index in [1.165, 1.54) is 5.56 Å². The minimum absolute atomic E-state index is 0.173. The predicted molar refractivity (Wildman–Crippen MR) is 104 cm³/mol. The van der Waals surface area contributed by atoms with Gasteiger partial charge in [0.2, 0.25) is 5.82 Å². The van der Waals surface area contributed by atoms with Crippen molar-refractivity contribution in [2.75, 3.05) is 5.43 Å². The fourth-order valence-electron chi connectivity index (χ4n) is 3.92. The molecule has 2 aromatic carbocycles. The second kappa shape index (κ2) is 6.11. The van der Waals surface area contributed by atoms with Gasteiger partial charge in [-0.25, -0.2) is 10.8 Å². The molecule has 1 aliphatic rings. The van der Waals surface area contributed by atoms with Crippen LogP contribution in [0.25, 0.3) is 11.3 Å². The van der Waals surface area contributed by atoms with Crippen molar-refractivity contribution in [2.45, 2.75) is 32.2 Å². The van der Waals surface area contributed by atoms with Crippen LogP contribution < -0.4 is 16.8 Å². The molecule has 5 nitrogen and oxygen atoms in total. The Morgan fingerprint density at radius 2 is 1.81 bits per heavy atom. The van der Waals surface area contributed by atoms with E-state index in [0.717, 1.165) is 28.9 Å². The van der Waals surface area contributed by atoms with Crippen molar-refractivity contribution in [1.29, 1.82) is 0 Å². The van der Waals surface area contributed by atoms with Gasteiger partial charge in [-0.05, 0) is 17.5 Å². The number of rotatable bonds is 3. The van der Waals surface area contributed by atoms with Crippen molar-refractivity contribution in [3.8, 4) is 11.3 Å². The highest BCUT2D eigenvalue weighted by Crippen LogP contribution is 2.41. The Morgan fingerprint density at radius 1 is 1.12 bits per heavy atom. The van der Waals surface area contributed by atoms with Gasteiger partial charge in [0.15, 0.2) is 0 Å². The average Bonchev–Trinajstić information content (AvgIpc) is 2.63. The molecule has 5 heteroatoms. The van der Waals surface area contributed by atoms with Crippen LogP contribution in [0.2, 0.25) is 0 Å². The van der Waals surface area contributed by atoms with E-state index in [4.69, 9.17) is 5.84 Å². The van der Waals surface area contributed by atoms with Crippen molar-refractivity contribution in [3.05, 3.63) is 81.8 Å². The molecule has 3 N–H and O–H groups in total. The summed E-state index contributed by atoms with van der Waals surface area (Å²) in [6.45, 7) is 4.82. The first kappa shape index (κ1) is 16.5. The first-order chi connectivity index (χ1) is 12.5. The molecule has 132 valence electrons. The Labute approximate surface area is 152 Å². The lowest BCUT2D eigenvalue weighted by Crippen LogP contribution is -2.38. The second-order valence-corrected chi connectivity index (χ2v) is 7.40. The molecule has 0 amide bonds. The van der Waals surface area contributed by atoms with Crippen LogP contribution >= 0.6 is 0 Å². The molecular formula is C21H22N4O. The third-order valence-corrected chi connectivity index (χ3v) is 5.03. The topological polar surface area (TPSA) is 72.9 Å². The number of hydrazine groups is 1. The van der Waals surface area contributed by atoms with E-state index in [-0.39, 0.29) is 16.8 Å². The molecule has 1 heterocycles. The zero-order valence-corrected chi connectivity index (χ0v) is 15.0. The summed E-state index contributed by atoms with van der Waals surface area (Å²) in [6.07, 6.45) is 0.863. The van der Waals surface area contributed by atoms with Crippen molar-refractivity contribution in [2.24, 2.45) is 5.84 Å². The van der Waals surface area contributed by atoms with Crippen LogP contribution in [0.3, 0.4) is 0 Å². The number of nitrogen functional groups attached to an aromatic ring is 1. The minimum atomic E-state index is -0.211. The normalized spacial score (nSPS) is 14.4. The fraction of sp³-hybridized carbons (Fsp3) is 0.238. The molecule has 3 aromatic rings. The number of hydrogen-bond acceptors (Lipinski definition) is 4. The third-order valence-electron chi connectivity index (χ3n) is 5.03. The van der Waals surface area contributed by atoms with Crippen LogP contribution in [-0.4, -0.2) is 9.55 Å². The molecule has 1 aromatic heterocycles. The van der Waals surface area contributed by atoms with Gasteiger partial charge >= 0.3 is 0 Å². The number of aromatic nitrogens is 2. The average molecular weight is 346 g/mol. The molecule has 0 saturated carbocycles. The number of nitrogens with zero attached hydrogens (tertiary/aromatic N) is 2. The maximum Gasteiger partial charge on any atom is 0.295 e. The molecule has 0 bridgehead atoms. The summed E-state index contributed by atoms with van der Waals surface area (Å²) in [4.78, 5) is 17.6. The van der Waals surface area contributed by atoms with Crippen LogP contribution in [-0.2, 0) is 18.4 Å². The number of benzene rings is 2. The standard InChI is InChI=1S/C21H22N4O/c1-21(2)12-15-10-6-7-11-16(15)17-18(21)25(20(26)19(23-17)24-22)13-14-8-4-3-5-9-14/h3-11H,12-13,22H2,1-2H3,(H,23,24). The summed E-state index contributed by atoms with van der Waals surface area (Å²) in [5.74, 6) is 5.78. The Balaban J connectivity index is 2.02. The van der Waals surface area contributed by atoms with Crippen molar-refractivity contribution in [1.82, 2.24) is 9.55 Å². The Hall–Kier alpha value is -2.92. The van der Waals surface area contributed by atoms with Gasteiger partial charge in [0.05, 0.1) is 17.9 Å². The quantitative estimate of drug-likeness (QED) is 0.565. The van der Waals surface area contributed by atoms with Gasteiger partial charge in [-0.2, -0.15) is 0 Å². The lowest BCUT2D eigenvalue weighted by Gasteiger charge is -2.35. The summed E-state index contributed by atoms with van der Waals surface area (Å²) in [5.41, 5.74) is 7.26. The molecule has 0 aliphatic heterocycles. The first-order valence-electron chi connectivity index (χ1n) is 8.75. The molecule has 1 aliphatic carbocycles. The molecule has 0 unspecified atom stereocenters. The zero-order valence-electron chi connectivity index (χ0n) is 15.0. The van der Waals surface area contributed by atoms with Crippen molar-refractivity contribution in [3.63, 3.8) is 0 Å². The zero-order chi connectivity index (χ0) is 18.3. The van der Waals surface area contributed by atoms with Crippen LogP contribution in [0.15, 0.2) is 59.4 Å². The van der Waals surface area contributed by atoms with E-state index in [2.05, 4.69) is 36.4 Å². The molecule has 0 fully saturated rings. The largest absolute Gasteiger partial charge is 0.304 e. The maximum absolute atomic E-state index is 13.0. The third kappa shape index (κ3) is 2.61. The molecule has 0 saturated heterocycles. The van der Waals surface area contributed by atoms with Crippen LogP contribution in [0.1, 0.15) is 30.7 Å². The second-order valence-electron chi connectivity index (χ2n) is 7.40. The van der Waals surface area contributed by atoms with Gasteiger partial charge < -0.3 is 9.99 Å². The molecule has 26 heavy (non-hydrogen) atoms. The van der Waals surface area contributed by atoms with E-state index in [9.17, 15) is 4.79 Å². The smallest absolute Gasteiger partial charge is 0.295 e. The van der Waals surface area contributed by atoms with Crippen LogP contribution in [0, 0.1) is 0 Å².